The van der Waals surface area contributed by atoms with E-state index < -0.39 is 0 Å². The van der Waals surface area contributed by atoms with Crippen LogP contribution in [0.3, 0.4) is 0 Å². The Morgan fingerprint density at radius 2 is 2.20 bits per heavy atom. The smallest absolute Gasteiger partial charge is 0.122 e. The van der Waals surface area contributed by atoms with E-state index >= 15 is 0 Å². The second-order valence-electron chi connectivity index (χ2n) is 5.69. The quantitative estimate of drug-likeness (QED) is 0.777. The van der Waals surface area contributed by atoms with Gasteiger partial charge in [-0.15, -0.1) is 0 Å². The first-order valence-corrected chi connectivity index (χ1v) is 7.47. The van der Waals surface area contributed by atoms with Crippen molar-refractivity contribution in [1.29, 1.82) is 0 Å². The zero-order valence-corrected chi connectivity index (χ0v) is 12.4. The van der Waals surface area contributed by atoms with Crippen LogP contribution in [0.15, 0.2) is 24.9 Å². The molecule has 5 heteroatoms. The third-order valence-electron chi connectivity index (χ3n) is 3.90. The Labute approximate surface area is 120 Å². The van der Waals surface area contributed by atoms with Crippen LogP contribution < -0.4 is 0 Å². The van der Waals surface area contributed by atoms with E-state index in [9.17, 15) is 0 Å². The van der Waals surface area contributed by atoms with Crippen LogP contribution in [0.5, 0.6) is 0 Å². The second kappa shape index (κ2) is 5.79. The summed E-state index contributed by atoms with van der Waals surface area (Å²) in [6.45, 7) is 5.16. The maximum atomic E-state index is 4.44. The highest BCUT2D eigenvalue weighted by atomic mass is 15.2. The Bertz CT molecular complexity index is 552. The van der Waals surface area contributed by atoms with Crippen molar-refractivity contribution < 1.29 is 0 Å². The van der Waals surface area contributed by atoms with Crippen molar-refractivity contribution in [1.82, 2.24) is 24.0 Å². The number of hydrogen-bond donors (Lipinski definition) is 0. The van der Waals surface area contributed by atoms with Gasteiger partial charge in [0.25, 0.3) is 0 Å². The van der Waals surface area contributed by atoms with Crippen LogP contribution in [-0.4, -0.2) is 30.5 Å². The van der Waals surface area contributed by atoms with Gasteiger partial charge in [0.05, 0.1) is 18.6 Å². The van der Waals surface area contributed by atoms with Gasteiger partial charge in [-0.2, -0.15) is 0 Å². The number of aromatic nitrogens is 4. The van der Waals surface area contributed by atoms with E-state index in [1.165, 1.54) is 18.5 Å². The molecule has 0 radical (unpaired) electrons. The molecule has 108 valence electrons. The van der Waals surface area contributed by atoms with E-state index in [-0.39, 0.29) is 0 Å². The molecule has 3 rings (SSSR count). The Kier molecular flexibility index (Phi) is 3.87. The molecular formula is C15H23N5. The molecule has 1 saturated carbocycles. The topological polar surface area (TPSA) is 38.9 Å². The Morgan fingerprint density at radius 1 is 1.35 bits per heavy atom. The highest BCUT2D eigenvalue weighted by Crippen LogP contribution is 2.35. The monoisotopic (exact) mass is 273 g/mol. The fourth-order valence-electron chi connectivity index (χ4n) is 2.64. The summed E-state index contributed by atoms with van der Waals surface area (Å²) in [4.78, 5) is 11.2. The van der Waals surface area contributed by atoms with Gasteiger partial charge in [0, 0.05) is 38.2 Å². The van der Waals surface area contributed by atoms with E-state index in [2.05, 4.69) is 38.0 Å². The number of nitrogens with zero attached hydrogens (tertiary/aromatic N) is 5. The zero-order chi connectivity index (χ0) is 13.9. The molecule has 0 atom stereocenters. The maximum absolute atomic E-state index is 4.44. The minimum absolute atomic E-state index is 0.698. The second-order valence-corrected chi connectivity index (χ2v) is 5.69. The van der Waals surface area contributed by atoms with Gasteiger partial charge in [-0.05, 0) is 25.8 Å². The average molecular weight is 273 g/mol. The molecule has 1 fully saturated rings. The lowest BCUT2D eigenvalue weighted by atomic mass is 10.3. The van der Waals surface area contributed by atoms with Crippen molar-refractivity contribution in [3.05, 3.63) is 36.4 Å². The number of imidazole rings is 2. The molecule has 1 aliphatic carbocycles. The molecule has 0 saturated heterocycles. The van der Waals surface area contributed by atoms with Crippen molar-refractivity contribution in [2.24, 2.45) is 7.05 Å². The molecule has 0 bridgehead atoms. The molecule has 0 aromatic carbocycles. The zero-order valence-electron chi connectivity index (χ0n) is 12.4. The van der Waals surface area contributed by atoms with Gasteiger partial charge in [-0.25, -0.2) is 9.97 Å². The molecule has 1 aliphatic rings. The van der Waals surface area contributed by atoms with Crippen LogP contribution in [0.2, 0.25) is 0 Å². The van der Waals surface area contributed by atoms with Crippen LogP contribution in [-0.2, 0) is 20.1 Å². The van der Waals surface area contributed by atoms with Gasteiger partial charge in [0.15, 0.2) is 0 Å². The third-order valence-corrected chi connectivity index (χ3v) is 3.90. The molecule has 5 nitrogen and oxygen atoms in total. The van der Waals surface area contributed by atoms with Gasteiger partial charge in [-0.1, -0.05) is 6.92 Å². The molecule has 0 unspecified atom stereocenters. The van der Waals surface area contributed by atoms with Crippen molar-refractivity contribution in [2.45, 2.75) is 45.3 Å². The summed E-state index contributed by atoms with van der Waals surface area (Å²) in [5, 5.41) is 0. The first-order chi connectivity index (χ1) is 9.78. The van der Waals surface area contributed by atoms with E-state index in [1.807, 2.05) is 24.9 Å². The summed E-state index contributed by atoms with van der Waals surface area (Å²) >= 11 is 0. The SMILES string of the molecule is CCCN(Cc1nccn1C)Cc1cncn1C1CC1. The summed E-state index contributed by atoms with van der Waals surface area (Å²) in [5.41, 5.74) is 1.33. The van der Waals surface area contributed by atoms with Crippen LogP contribution in [0.1, 0.15) is 43.7 Å². The maximum Gasteiger partial charge on any atom is 0.122 e. The normalized spacial score (nSPS) is 15.2. The molecule has 20 heavy (non-hydrogen) atoms. The van der Waals surface area contributed by atoms with E-state index in [1.54, 1.807) is 0 Å². The Hall–Kier alpha value is -1.62. The molecule has 0 spiro atoms. The molecule has 0 N–H and O–H groups in total. The number of rotatable bonds is 7. The first kappa shape index (κ1) is 13.4. The summed E-state index contributed by atoms with van der Waals surface area (Å²) in [5.74, 6) is 1.12. The Morgan fingerprint density at radius 3 is 2.85 bits per heavy atom. The van der Waals surface area contributed by atoms with E-state index in [0.717, 1.165) is 31.9 Å². The van der Waals surface area contributed by atoms with Crippen LogP contribution >= 0.6 is 0 Å². The molecule has 0 aliphatic heterocycles. The van der Waals surface area contributed by atoms with Crippen molar-refractivity contribution >= 4 is 0 Å². The standard InChI is InChI=1S/C15H23N5/c1-3-7-19(11-15-17-6-8-18(15)2)10-14-9-16-12-20(14)13-4-5-13/h6,8-9,12-13H,3-5,7,10-11H2,1-2H3. The molecule has 0 amide bonds. The fourth-order valence-corrected chi connectivity index (χ4v) is 2.64. The lowest BCUT2D eigenvalue weighted by Gasteiger charge is -2.22. The summed E-state index contributed by atoms with van der Waals surface area (Å²) in [7, 11) is 2.06. The summed E-state index contributed by atoms with van der Waals surface area (Å²) < 4.78 is 4.45. The fraction of sp³-hybridized carbons (Fsp3) is 0.600. The minimum atomic E-state index is 0.698. The van der Waals surface area contributed by atoms with E-state index in [0.29, 0.717) is 6.04 Å². The van der Waals surface area contributed by atoms with E-state index in [4.69, 9.17) is 0 Å². The molecular weight excluding hydrogens is 250 g/mol. The minimum Gasteiger partial charge on any atom is -0.337 e. The van der Waals surface area contributed by atoms with Crippen LogP contribution in [0, 0.1) is 0 Å². The highest BCUT2D eigenvalue weighted by molar-refractivity contribution is 5.04. The largest absolute Gasteiger partial charge is 0.337 e. The molecule has 2 heterocycles. The van der Waals surface area contributed by atoms with Gasteiger partial charge >= 0.3 is 0 Å². The lowest BCUT2D eigenvalue weighted by molar-refractivity contribution is 0.242. The van der Waals surface area contributed by atoms with Crippen LogP contribution in [0.4, 0.5) is 0 Å². The molecule has 2 aromatic heterocycles. The lowest BCUT2D eigenvalue weighted by Crippen LogP contribution is -2.26. The number of hydrogen-bond acceptors (Lipinski definition) is 3. The molecule has 2 aromatic rings. The summed E-state index contributed by atoms with van der Waals surface area (Å²) in [6.07, 6.45) is 11.6. The van der Waals surface area contributed by atoms with Crippen molar-refractivity contribution in [2.75, 3.05) is 6.54 Å². The van der Waals surface area contributed by atoms with Gasteiger partial charge < -0.3 is 9.13 Å². The van der Waals surface area contributed by atoms with Gasteiger partial charge in [0.1, 0.15) is 5.82 Å². The predicted octanol–water partition coefficient (Wildman–Crippen LogP) is 2.36. The van der Waals surface area contributed by atoms with Crippen molar-refractivity contribution in [3.63, 3.8) is 0 Å². The summed E-state index contributed by atoms with van der Waals surface area (Å²) in [6, 6.07) is 0.698. The van der Waals surface area contributed by atoms with Crippen LogP contribution in [0.25, 0.3) is 0 Å². The third kappa shape index (κ3) is 2.93. The number of aryl methyl sites for hydroxylation is 1. The average Bonchev–Trinajstić information content (AvgIpc) is 3.05. The van der Waals surface area contributed by atoms with Crippen molar-refractivity contribution in [3.8, 4) is 0 Å². The first-order valence-electron chi connectivity index (χ1n) is 7.47. The Balaban J connectivity index is 1.70. The van der Waals surface area contributed by atoms with Gasteiger partial charge in [0.2, 0.25) is 0 Å². The van der Waals surface area contributed by atoms with Gasteiger partial charge in [-0.3, -0.25) is 4.90 Å². The highest BCUT2D eigenvalue weighted by Gasteiger charge is 2.25. The predicted molar refractivity (Wildman–Crippen MR) is 78.1 cm³/mol.